The fourth-order valence-corrected chi connectivity index (χ4v) is 2.39. The summed E-state index contributed by atoms with van der Waals surface area (Å²) in [6.07, 6.45) is 0. The molecule has 0 saturated heterocycles. The van der Waals surface area contributed by atoms with E-state index in [4.69, 9.17) is 25.6 Å². The van der Waals surface area contributed by atoms with Gasteiger partial charge in [0.1, 0.15) is 5.69 Å². The molecule has 6 heteroatoms. The van der Waals surface area contributed by atoms with Crippen LogP contribution in [0.1, 0.15) is 21.7 Å². The zero-order chi connectivity index (χ0) is 17.6. The second kappa shape index (κ2) is 7.96. The maximum Gasteiger partial charge on any atom is 0.338 e. The lowest BCUT2D eigenvalue weighted by Crippen LogP contribution is -2.05. The molecule has 25 heavy (non-hydrogen) atoms. The summed E-state index contributed by atoms with van der Waals surface area (Å²) in [4.78, 5) is 12.1. The van der Waals surface area contributed by atoms with Gasteiger partial charge in [-0.25, -0.2) is 4.79 Å². The van der Waals surface area contributed by atoms with Crippen LogP contribution in [0.5, 0.6) is 0 Å². The van der Waals surface area contributed by atoms with Crippen LogP contribution in [0, 0.1) is 0 Å². The van der Waals surface area contributed by atoms with Crippen molar-refractivity contribution in [3.63, 3.8) is 0 Å². The predicted molar refractivity (Wildman–Crippen MR) is 93.2 cm³/mol. The van der Waals surface area contributed by atoms with Gasteiger partial charge in [0.05, 0.1) is 12.2 Å². The quantitative estimate of drug-likeness (QED) is 0.608. The zero-order valence-corrected chi connectivity index (χ0v) is 14.3. The SMILES string of the molecule is COCc1ccc(C(=O)OCc2cc(-c3ccc(Cl)cc3)no2)cc1. The molecule has 0 atom stereocenters. The van der Waals surface area contributed by atoms with Crippen LogP contribution in [0.3, 0.4) is 0 Å². The molecule has 1 heterocycles. The van der Waals surface area contributed by atoms with Crippen molar-refractivity contribution in [3.05, 3.63) is 76.5 Å². The van der Waals surface area contributed by atoms with Gasteiger partial charge in [-0.05, 0) is 29.8 Å². The molecule has 0 N–H and O–H groups in total. The highest BCUT2D eigenvalue weighted by atomic mass is 35.5. The van der Waals surface area contributed by atoms with Crippen molar-refractivity contribution < 1.29 is 18.8 Å². The van der Waals surface area contributed by atoms with E-state index in [-0.39, 0.29) is 6.61 Å². The molecular weight excluding hydrogens is 342 g/mol. The fraction of sp³-hybridized carbons (Fsp3) is 0.158. The molecule has 0 aliphatic carbocycles. The third-order valence-electron chi connectivity index (χ3n) is 3.55. The van der Waals surface area contributed by atoms with Gasteiger partial charge in [-0.2, -0.15) is 0 Å². The second-order valence-electron chi connectivity index (χ2n) is 5.39. The first-order valence-electron chi connectivity index (χ1n) is 7.62. The molecule has 0 spiro atoms. The maximum absolute atomic E-state index is 12.1. The Hall–Kier alpha value is -2.63. The highest BCUT2D eigenvalue weighted by molar-refractivity contribution is 6.30. The number of carbonyl (C=O) groups is 1. The van der Waals surface area contributed by atoms with Gasteiger partial charge < -0.3 is 14.0 Å². The van der Waals surface area contributed by atoms with E-state index in [9.17, 15) is 4.79 Å². The average Bonchev–Trinajstić information content (AvgIpc) is 3.10. The van der Waals surface area contributed by atoms with E-state index < -0.39 is 5.97 Å². The summed E-state index contributed by atoms with van der Waals surface area (Å²) in [5.41, 5.74) is 2.99. The molecule has 3 aromatic rings. The summed E-state index contributed by atoms with van der Waals surface area (Å²) in [5, 5.41) is 4.63. The van der Waals surface area contributed by atoms with E-state index in [0.29, 0.717) is 28.6 Å². The van der Waals surface area contributed by atoms with E-state index in [0.717, 1.165) is 11.1 Å². The number of ether oxygens (including phenoxy) is 2. The van der Waals surface area contributed by atoms with Gasteiger partial charge in [0.2, 0.25) is 0 Å². The lowest BCUT2D eigenvalue weighted by molar-refractivity contribution is 0.0437. The molecule has 0 aliphatic heterocycles. The van der Waals surface area contributed by atoms with Gasteiger partial charge in [-0.1, -0.05) is 41.0 Å². The summed E-state index contributed by atoms with van der Waals surface area (Å²) in [6, 6.07) is 16.0. The first-order valence-corrected chi connectivity index (χ1v) is 8.00. The number of esters is 1. The van der Waals surface area contributed by atoms with Crippen LogP contribution < -0.4 is 0 Å². The van der Waals surface area contributed by atoms with Crippen molar-refractivity contribution >= 4 is 17.6 Å². The van der Waals surface area contributed by atoms with E-state index in [1.165, 1.54) is 0 Å². The number of hydrogen-bond donors (Lipinski definition) is 0. The Balaban J connectivity index is 1.60. The molecule has 0 amide bonds. The number of carbonyl (C=O) groups excluding carboxylic acids is 1. The van der Waals surface area contributed by atoms with Crippen LogP contribution in [0.2, 0.25) is 5.02 Å². The molecule has 5 nitrogen and oxygen atoms in total. The van der Waals surface area contributed by atoms with Gasteiger partial charge in [0, 0.05) is 23.8 Å². The largest absolute Gasteiger partial charge is 0.454 e. The Bertz CT molecular complexity index is 841. The maximum atomic E-state index is 12.1. The Labute approximate surface area is 150 Å². The number of aromatic nitrogens is 1. The van der Waals surface area contributed by atoms with E-state index >= 15 is 0 Å². The zero-order valence-electron chi connectivity index (χ0n) is 13.6. The van der Waals surface area contributed by atoms with Crippen LogP contribution in [0.25, 0.3) is 11.3 Å². The van der Waals surface area contributed by atoms with Gasteiger partial charge in [0.25, 0.3) is 0 Å². The minimum absolute atomic E-state index is 0.0131. The smallest absolute Gasteiger partial charge is 0.338 e. The summed E-state index contributed by atoms with van der Waals surface area (Å²) >= 11 is 5.87. The molecule has 3 rings (SSSR count). The summed E-state index contributed by atoms with van der Waals surface area (Å²) < 4.78 is 15.5. The molecule has 0 fully saturated rings. The summed E-state index contributed by atoms with van der Waals surface area (Å²) in [6.45, 7) is 0.514. The van der Waals surface area contributed by atoms with Crippen molar-refractivity contribution in [3.8, 4) is 11.3 Å². The average molecular weight is 358 g/mol. The number of benzene rings is 2. The van der Waals surface area contributed by atoms with Crippen LogP contribution in [0.4, 0.5) is 0 Å². The molecule has 0 unspecified atom stereocenters. The normalized spacial score (nSPS) is 10.6. The Morgan fingerprint density at radius 1 is 1.08 bits per heavy atom. The molecular formula is C19H16ClNO4. The first-order chi connectivity index (χ1) is 12.2. The van der Waals surface area contributed by atoms with E-state index in [1.54, 1.807) is 37.4 Å². The highest BCUT2D eigenvalue weighted by Gasteiger charge is 2.11. The van der Waals surface area contributed by atoms with Crippen molar-refractivity contribution in [1.82, 2.24) is 5.16 Å². The molecule has 2 aromatic carbocycles. The van der Waals surface area contributed by atoms with Crippen molar-refractivity contribution in [2.45, 2.75) is 13.2 Å². The van der Waals surface area contributed by atoms with Crippen molar-refractivity contribution in [2.75, 3.05) is 7.11 Å². The van der Waals surface area contributed by atoms with Crippen molar-refractivity contribution in [1.29, 1.82) is 0 Å². The molecule has 0 saturated carbocycles. The second-order valence-corrected chi connectivity index (χ2v) is 5.83. The van der Waals surface area contributed by atoms with Crippen LogP contribution in [0.15, 0.2) is 59.1 Å². The topological polar surface area (TPSA) is 61.6 Å². The first kappa shape index (κ1) is 17.2. The molecule has 0 bridgehead atoms. The lowest BCUT2D eigenvalue weighted by atomic mass is 10.1. The van der Waals surface area contributed by atoms with Crippen LogP contribution >= 0.6 is 11.6 Å². The minimum Gasteiger partial charge on any atom is -0.454 e. The Morgan fingerprint density at radius 2 is 1.80 bits per heavy atom. The summed E-state index contributed by atoms with van der Waals surface area (Å²) in [5.74, 6) is 0.0442. The molecule has 0 radical (unpaired) electrons. The third kappa shape index (κ3) is 4.47. The highest BCUT2D eigenvalue weighted by Crippen LogP contribution is 2.21. The fourth-order valence-electron chi connectivity index (χ4n) is 2.26. The molecule has 128 valence electrons. The van der Waals surface area contributed by atoms with Crippen LogP contribution in [-0.2, 0) is 22.7 Å². The standard InChI is InChI=1S/C19H16ClNO4/c1-23-11-13-2-4-15(5-3-13)19(22)24-12-17-10-18(21-25-17)14-6-8-16(20)9-7-14/h2-10H,11-12H2,1H3. The minimum atomic E-state index is -0.423. The van der Waals surface area contributed by atoms with Gasteiger partial charge in [-0.15, -0.1) is 0 Å². The van der Waals surface area contributed by atoms with Crippen molar-refractivity contribution in [2.24, 2.45) is 0 Å². The summed E-state index contributed by atoms with van der Waals surface area (Å²) in [7, 11) is 1.62. The number of halogens is 1. The van der Waals surface area contributed by atoms with Crippen LogP contribution in [-0.4, -0.2) is 18.2 Å². The number of methoxy groups -OCH3 is 1. The third-order valence-corrected chi connectivity index (χ3v) is 3.80. The lowest BCUT2D eigenvalue weighted by Gasteiger charge is -2.04. The van der Waals surface area contributed by atoms with E-state index in [2.05, 4.69) is 5.16 Å². The monoisotopic (exact) mass is 357 g/mol. The number of rotatable bonds is 6. The number of nitrogens with zero attached hydrogens (tertiary/aromatic N) is 1. The predicted octanol–water partition coefficient (Wildman–Crippen LogP) is 4.50. The van der Waals surface area contributed by atoms with Gasteiger partial charge in [-0.3, -0.25) is 0 Å². The number of hydrogen-bond acceptors (Lipinski definition) is 5. The Morgan fingerprint density at radius 3 is 2.48 bits per heavy atom. The van der Waals surface area contributed by atoms with Gasteiger partial charge >= 0.3 is 5.97 Å². The van der Waals surface area contributed by atoms with Gasteiger partial charge in [0.15, 0.2) is 12.4 Å². The molecule has 0 aliphatic rings. The van der Waals surface area contributed by atoms with E-state index in [1.807, 2.05) is 24.3 Å². The Kier molecular flexibility index (Phi) is 5.48. The molecule has 1 aromatic heterocycles.